The third-order valence-electron chi connectivity index (χ3n) is 2.73. The van der Waals surface area contributed by atoms with E-state index in [2.05, 4.69) is 15.5 Å². The van der Waals surface area contributed by atoms with Gasteiger partial charge in [0, 0.05) is 20.2 Å². The topological polar surface area (TPSA) is 69.4 Å². The van der Waals surface area contributed by atoms with Crippen molar-refractivity contribution in [1.29, 1.82) is 0 Å². The van der Waals surface area contributed by atoms with Crippen molar-refractivity contribution in [3.63, 3.8) is 0 Å². The number of rotatable bonds is 8. The van der Waals surface area contributed by atoms with Crippen LogP contribution >= 0.6 is 0 Å². The summed E-state index contributed by atoms with van der Waals surface area (Å²) in [4.78, 5) is 3.98. The highest BCUT2D eigenvalue weighted by molar-refractivity contribution is 5.29. The number of halogens is 1. The van der Waals surface area contributed by atoms with E-state index in [1.807, 2.05) is 0 Å². The predicted octanol–water partition coefficient (Wildman–Crippen LogP) is 1.83. The number of aromatic nitrogens is 2. The molecule has 0 saturated carbocycles. The van der Waals surface area contributed by atoms with E-state index >= 15 is 0 Å². The van der Waals surface area contributed by atoms with E-state index < -0.39 is 5.82 Å². The lowest BCUT2D eigenvalue weighted by atomic mass is 10.2. The largest absolute Gasteiger partial charge is 0.481 e. The minimum atomic E-state index is -0.419. The molecule has 7 heteroatoms. The first kappa shape index (κ1) is 15.4. The second-order valence-corrected chi connectivity index (χ2v) is 4.46. The summed E-state index contributed by atoms with van der Waals surface area (Å²) >= 11 is 0. The van der Waals surface area contributed by atoms with E-state index in [9.17, 15) is 4.39 Å². The monoisotopic (exact) mass is 295 g/mol. The standard InChI is InChI=1S/C14H18FN3O3/c1-10-17-14(21-18-10)9-20-13-4-3-11(7-12(13)15)8-16-5-6-19-2/h3-4,7,16H,5-6,8-9H2,1-2H3. The van der Waals surface area contributed by atoms with Crippen LogP contribution in [0.15, 0.2) is 22.7 Å². The minimum absolute atomic E-state index is 0.0448. The summed E-state index contributed by atoms with van der Waals surface area (Å²) < 4.78 is 29.0. The zero-order valence-electron chi connectivity index (χ0n) is 12.1. The second-order valence-electron chi connectivity index (χ2n) is 4.46. The van der Waals surface area contributed by atoms with Crippen LogP contribution < -0.4 is 10.1 Å². The molecule has 2 aromatic rings. The smallest absolute Gasteiger partial charge is 0.264 e. The number of methoxy groups -OCH3 is 1. The number of hydrogen-bond acceptors (Lipinski definition) is 6. The zero-order chi connectivity index (χ0) is 15.1. The number of ether oxygens (including phenoxy) is 2. The van der Waals surface area contributed by atoms with Crippen molar-refractivity contribution < 1.29 is 18.4 Å². The fraction of sp³-hybridized carbons (Fsp3) is 0.429. The van der Waals surface area contributed by atoms with Gasteiger partial charge in [-0.1, -0.05) is 11.2 Å². The molecule has 0 saturated heterocycles. The van der Waals surface area contributed by atoms with Crippen LogP contribution in [0.3, 0.4) is 0 Å². The number of benzene rings is 1. The van der Waals surface area contributed by atoms with E-state index in [4.69, 9.17) is 14.0 Å². The molecule has 1 N–H and O–H groups in total. The summed E-state index contributed by atoms with van der Waals surface area (Å²) in [6.45, 7) is 3.66. The van der Waals surface area contributed by atoms with Gasteiger partial charge in [0.15, 0.2) is 24.0 Å². The molecule has 0 unspecified atom stereocenters. The average Bonchev–Trinajstić information content (AvgIpc) is 2.88. The Labute approximate surface area is 122 Å². The molecule has 0 fully saturated rings. The molecule has 1 aromatic heterocycles. The molecule has 0 spiro atoms. The van der Waals surface area contributed by atoms with E-state index in [-0.39, 0.29) is 12.4 Å². The highest BCUT2D eigenvalue weighted by Gasteiger charge is 2.08. The van der Waals surface area contributed by atoms with E-state index in [0.29, 0.717) is 31.4 Å². The normalized spacial score (nSPS) is 10.8. The fourth-order valence-electron chi connectivity index (χ4n) is 1.72. The van der Waals surface area contributed by atoms with Gasteiger partial charge in [0.1, 0.15) is 0 Å². The Morgan fingerprint density at radius 2 is 2.24 bits per heavy atom. The number of nitrogens with one attached hydrogen (secondary N) is 1. The molecule has 0 aliphatic heterocycles. The Morgan fingerprint density at radius 1 is 1.38 bits per heavy atom. The van der Waals surface area contributed by atoms with Crippen molar-refractivity contribution in [2.75, 3.05) is 20.3 Å². The number of hydrogen-bond donors (Lipinski definition) is 1. The van der Waals surface area contributed by atoms with Gasteiger partial charge in [-0.3, -0.25) is 0 Å². The molecule has 1 heterocycles. The van der Waals surface area contributed by atoms with Crippen LogP contribution in [0.1, 0.15) is 17.3 Å². The zero-order valence-corrected chi connectivity index (χ0v) is 12.1. The first-order chi connectivity index (χ1) is 10.2. The molecule has 0 aliphatic carbocycles. The maximum atomic E-state index is 13.9. The highest BCUT2D eigenvalue weighted by atomic mass is 19.1. The van der Waals surface area contributed by atoms with Gasteiger partial charge in [0.05, 0.1) is 6.61 Å². The Hall–Kier alpha value is -1.99. The Morgan fingerprint density at radius 3 is 2.90 bits per heavy atom. The van der Waals surface area contributed by atoms with Crippen molar-refractivity contribution >= 4 is 0 Å². The summed E-state index contributed by atoms with van der Waals surface area (Å²) in [6.07, 6.45) is 0. The van der Waals surface area contributed by atoms with E-state index in [1.54, 1.807) is 26.2 Å². The first-order valence-electron chi connectivity index (χ1n) is 6.59. The van der Waals surface area contributed by atoms with Gasteiger partial charge < -0.3 is 19.3 Å². The summed E-state index contributed by atoms with van der Waals surface area (Å²) in [5.74, 6) is 0.576. The molecule has 2 rings (SSSR count). The third-order valence-corrected chi connectivity index (χ3v) is 2.73. The average molecular weight is 295 g/mol. The van der Waals surface area contributed by atoms with E-state index in [1.165, 1.54) is 6.07 Å². The molecular formula is C14H18FN3O3. The molecule has 0 radical (unpaired) electrons. The molecule has 114 valence electrons. The van der Waals surface area contributed by atoms with Crippen LogP contribution in [0.2, 0.25) is 0 Å². The lowest BCUT2D eigenvalue weighted by Gasteiger charge is -2.08. The highest BCUT2D eigenvalue weighted by Crippen LogP contribution is 2.19. The predicted molar refractivity (Wildman–Crippen MR) is 73.3 cm³/mol. The van der Waals surface area contributed by atoms with Crippen LogP contribution in [-0.2, 0) is 17.9 Å². The van der Waals surface area contributed by atoms with Crippen LogP contribution in [0.4, 0.5) is 4.39 Å². The van der Waals surface area contributed by atoms with Crippen molar-refractivity contribution in [3.05, 3.63) is 41.3 Å². The SMILES string of the molecule is COCCNCc1ccc(OCc2nc(C)no2)c(F)c1. The molecule has 0 aliphatic rings. The Bertz CT molecular complexity index is 574. The molecule has 0 atom stereocenters. The van der Waals surface area contributed by atoms with Crippen molar-refractivity contribution in [2.45, 2.75) is 20.1 Å². The molecule has 21 heavy (non-hydrogen) atoms. The van der Waals surface area contributed by atoms with Gasteiger partial charge in [-0.15, -0.1) is 0 Å². The molecular weight excluding hydrogens is 277 g/mol. The summed E-state index contributed by atoms with van der Waals surface area (Å²) in [6, 6.07) is 4.83. The van der Waals surface area contributed by atoms with Gasteiger partial charge in [-0.2, -0.15) is 4.98 Å². The van der Waals surface area contributed by atoms with Crippen LogP contribution in [0.25, 0.3) is 0 Å². The fourth-order valence-corrected chi connectivity index (χ4v) is 1.72. The lowest BCUT2D eigenvalue weighted by molar-refractivity contribution is 0.199. The van der Waals surface area contributed by atoms with Crippen LogP contribution in [-0.4, -0.2) is 30.4 Å². The molecule has 0 bridgehead atoms. The summed E-state index contributed by atoms with van der Waals surface area (Å²) in [5.41, 5.74) is 0.838. The third kappa shape index (κ3) is 4.80. The van der Waals surface area contributed by atoms with Crippen molar-refractivity contribution in [1.82, 2.24) is 15.5 Å². The van der Waals surface area contributed by atoms with Crippen LogP contribution in [0.5, 0.6) is 5.75 Å². The quantitative estimate of drug-likeness (QED) is 0.749. The van der Waals surface area contributed by atoms with Crippen molar-refractivity contribution in [2.24, 2.45) is 0 Å². The van der Waals surface area contributed by atoms with Gasteiger partial charge in [-0.05, 0) is 24.6 Å². The first-order valence-corrected chi connectivity index (χ1v) is 6.59. The minimum Gasteiger partial charge on any atom is -0.481 e. The van der Waals surface area contributed by atoms with Gasteiger partial charge in [0.25, 0.3) is 5.89 Å². The lowest BCUT2D eigenvalue weighted by Crippen LogP contribution is -2.18. The molecule has 1 aromatic carbocycles. The summed E-state index contributed by atoms with van der Waals surface area (Å²) in [7, 11) is 1.64. The Balaban J connectivity index is 1.86. The second kappa shape index (κ2) is 7.70. The molecule has 0 amide bonds. The van der Waals surface area contributed by atoms with E-state index in [0.717, 1.165) is 5.56 Å². The van der Waals surface area contributed by atoms with Gasteiger partial charge in [-0.25, -0.2) is 4.39 Å². The maximum Gasteiger partial charge on any atom is 0.264 e. The van der Waals surface area contributed by atoms with Crippen LogP contribution in [0, 0.1) is 12.7 Å². The number of aryl methyl sites for hydroxylation is 1. The van der Waals surface area contributed by atoms with Gasteiger partial charge >= 0.3 is 0 Å². The number of nitrogens with zero attached hydrogens (tertiary/aromatic N) is 2. The van der Waals surface area contributed by atoms with Gasteiger partial charge in [0.2, 0.25) is 0 Å². The Kier molecular flexibility index (Phi) is 5.65. The molecule has 6 nitrogen and oxygen atoms in total. The summed E-state index contributed by atoms with van der Waals surface area (Å²) in [5, 5.41) is 6.78. The van der Waals surface area contributed by atoms with Crippen molar-refractivity contribution in [3.8, 4) is 5.75 Å². The maximum absolute atomic E-state index is 13.9.